The Labute approximate surface area is 86.0 Å². The summed E-state index contributed by atoms with van der Waals surface area (Å²) in [5, 5.41) is 0. The van der Waals surface area contributed by atoms with Gasteiger partial charge in [-0.1, -0.05) is 55.0 Å². The first kappa shape index (κ1) is 9.26. The minimum absolute atomic E-state index is 0.670. The fraction of sp³-hybridized carbons (Fsp3) is 0.286. The van der Waals surface area contributed by atoms with Crippen LogP contribution in [0.25, 0.3) is 5.57 Å². The highest BCUT2D eigenvalue weighted by Crippen LogP contribution is 2.35. The Morgan fingerprint density at radius 2 is 1.93 bits per heavy atom. The summed E-state index contributed by atoms with van der Waals surface area (Å²) in [4.78, 5) is 0. The fourth-order valence-corrected chi connectivity index (χ4v) is 2.06. The Morgan fingerprint density at radius 1 is 1.21 bits per heavy atom. The summed E-state index contributed by atoms with van der Waals surface area (Å²) in [6, 6.07) is 10.7. The van der Waals surface area contributed by atoms with Crippen molar-refractivity contribution in [1.82, 2.24) is 0 Å². The highest BCUT2D eigenvalue weighted by Gasteiger charge is 2.18. The second-order valence-electron chi connectivity index (χ2n) is 3.93. The van der Waals surface area contributed by atoms with Gasteiger partial charge in [0.25, 0.3) is 0 Å². The Balaban J connectivity index is 2.36. The number of rotatable bonds is 1. The Kier molecular flexibility index (Phi) is 2.53. The number of benzene rings is 1. The third-order valence-corrected chi connectivity index (χ3v) is 2.89. The molecule has 1 aliphatic carbocycles. The molecule has 0 heterocycles. The Morgan fingerprint density at radius 3 is 2.50 bits per heavy atom. The van der Waals surface area contributed by atoms with Crippen LogP contribution in [0.2, 0.25) is 0 Å². The van der Waals surface area contributed by atoms with E-state index in [2.05, 4.69) is 56.3 Å². The first-order valence-electron chi connectivity index (χ1n) is 5.23. The minimum Gasteiger partial charge on any atom is -0.0844 e. The van der Waals surface area contributed by atoms with Gasteiger partial charge in [0.1, 0.15) is 0 Å². The van der Waals surface area contributed by atoms with Gasteiger partial charge in [-0.2, -0.15) is 0 Å². The third-order valence-electron chi connectivity index (χ3n) is 2.89. The molecule has 0 heteroatoms. The van der Waals surface area contributed by atoms with E-state index in [1.807, 2.05) is 0 Å². The third kappa shape index (κ3) is 1.65. The summed E-state index contributed by atoms with van der Waals surface area (Å²) in [6.45, 7) is 4.42. The molecule has 0 bridgehead atoms. The van der Waals surface area contributed by atoms with Gasteiger partial charge in [-0.25, -0.2) is 0 Å². The van der Waals surface area contributed by atoms with Crippen molar-refractivity contribution in [2.75, 3.05) is 0 Å². The Bertz CT molecular complexity index is 368. The van der Waals surface area contributed by atoms with Gasteiger partial charge < -0.3 is 0 Å². The lowest BCUT2D eigenvalue weighted by atomic mass is 9.97. The lowest BCUT2D eigenvalue weighted by Gasteiger charge is -2.08. The molecule has 0 aliphatic heterocycles. The van der Waals surface area contributed by atoms with Crippen LogP contribution in [-0.4, -0.2) is 0 Å². The summed E-state index contributed by atoms with van der Waals surface area (Å²) in [5.41, 5.74) is 4.33. The summed E-state index contributed by atoms with van der Waals surface area (Å²) in [5.74, 6) is 0.670. The Hall–Kier alpha value is -1.30. The molecular formula is C14H16. The predicted octanol–water partition coefficient (Wildman–Crippen LogP) is 4.06. The largest absolute Gasteiger partial charge is 0.0844 e. The standard InChI is InChI=1S/C14H16/c1-3-12-9-11(2)14(10-12)13-7-5-4-6-8-13/h3-8,10-11H,9H2,1-2H3/b12-3+. The molecule has 72 valence electrons. The lowest BCUT2D eigenvalue weighted by Crippen LogP contribution is -1.91. The molecule has 0 fully saturated rings. The van der Waals surface area contributed by atoms with E-state index in [-0.39, 0.29) is 0 Å². The van der Waals surface area contributed by atoms with Crippen molar-refractivity contribution in [3.63, 3.8) is 0 Å². The van der Waals surface area contributed by atoms with Crippen molar-refractivity contribution in [1.29, 1.82) is 0 Å². The zero-order chi connectivity index (χ0) is 9.97. The van der Waals surface area contributed by atoms with Crippen LogP contribution in [0, 0.1) is 5.92 Å². The van der Waals surface area contributed by atoms with Gasteiger partial charge in [-0.05, 0) is 30.4 Å². The molecule has 1 aliphatic rings. The molecule has 0 radical (unpaired) electrons. The number of hydrogen-bond acceptors (Lipinski definition) is 0. The normalized spacial score (nSPS) is 24.0. The van der Waals surface area contributed by atoms with Crippen molar-refractivity contribution < 1.29 is 0 Å². The average Bonchev–Trinajstić information content (AvgIpc) is 2.61. The first-order valence-corrected chi connectivity index (χ1v) is 5.23. The molecule has 1 aromatic carbocycles. The van der Waals surface area contributed by atoms with E-state index in [9.17, 15) is 0 Å². The molecule has 0 saturated heterocycles. The summed E-state index contributed by atoms with van der Waals surface area (Å²) >= 11 is 0. The van der Waals surface area contributed by atoms with Gasteiger partial charge in [0.2, 0.25) is 0 Å². The first-order chi connectivity index (χ1) is 6.81. The van der Waals surface area contributed by atoms with Crippen LogP contribution < -0.4 is 0 Å². The van der Waals surface area contributed by atoms with Gasteiger partial charge in [0, 0.05) is 0 Å². The van der Waals surface area contributed by atoms with Gasteiger partial charge in [-0.15, -0.1) is 0 Å². The monoisotopic (exact) mass is 184 g/mol. The van der Waals surface area contributed by atoms with Crippen LogP contribution in [0.15, 0.2) is 48.1 Å². The number of hydrogen-bond donors (Lipinski definition) is 0. The zero-order valence-corrected chi connectivity index (χ0v) is 8.83. The average molecular weight is 184 g/mol. The van der Waals surface area contributed by atoms with E-state index in [4.69, 9.17) is 0 Å². The minimum atomic E-state index is 0.670. The molecule has 0 saturated carbocycles. The molecule has 1 aromatic rings. The van der Waals surface area contributed by atoms with Gasteiger partial charge >= 0.3 is 0 Å². The van der Waals surface area contributed by atoms with Gasteiger partial charge in [-0.3, -0.25) is 0 Å². The zero-order valence-electron chi connectivity index (χ0n) is 8.83. The predicted molar refractivity (Wildman–Crippen MR) is 62.0 cm³/mol. The molecule has 2 rings (SSSR count). The van der Waals surface area contributed by atoms with Crippen LogP contribution in [0.5, 0.6) is 0 Å². The fourth-order valence-electron chi connectivity index (χ4n) is 2.06. The topological polar surface area (TPSA) is 0 Å². The summed E-state index contributed by atoms with van der Waals surface area (Å²) < 4.78 is 0. The molecule has 0 aromatic heterocycles. The number of allylic oxidation sites excluding steroid dienone is 4. The van der Waals surface area contributed by atoms with Gasteiger partial charge in [0.15, 0.2) is 0 Å². The smallest absolute Gasteiger partial charge is 0.0144 e. The second kappa shape index (κ2) is 3.83. The van der Waals surface area contributed by atoms with E-state index in [0.717, 1.165) is 0 Å². The van der Waals surface area contributed by atoms with Crippen molar-refractivity contribution in [2.45, 2.75) is 20.3 Å². The second-order valence-corrected chi connectivity index (χ2v) is 3.93. The maximum absolute atomic E-state index is 2.33. The van der Waals surface area contributed by atoms with Crippen LogP contribution in [0.3, 0.4) is 0 Å². The molecule has 0 spiro atoms. The van der Waals surface area contributed by atoms with Crippen LogP contribution in [0.4, 0.5) is 0 Å². The molecule has 0 nitrogen and oxygen atoms in total. The van der Waals surface area contributed by atoms with Crippen LogP contribution in [0.1, 0.15) is 25.8 Å². The van der Waals surface area contributed by atoms with Crippen molar-refractivity contribution in [3.05, 3.63) is 53.6 Å². The highest BCUT2D eigenvalue weighted by atomic mass is 14.2. The van der Waals surface area contributed by atoms with E-state index in [0.29, 0.717) is 5.92 Å². The van der Waals surface area contributed by atoms with E-state index in [1.54, 1.807) is 0 Å². The van der Waals surface area contributed by atoms with Gasteiger partial charge in [0.05, 0.1) is 0 Å². The SMILES string of the molecule is C/C=C1/C=C(c2ccccc2)C(C)C1. The maximum Gasteiger partial charge on any atom is -0.0144 e. The van der Waals surface area contributed by atoms with E-state index < -0.39 is 0 Å². The molecule has 1 atom stereocenters. The molecule has 14 heavy (non-hydrogen) atoms. The molecule has 0 amide bonds. The molecule has 1 unspecified atom stereocenters. The van der Waals surface area contributed by atoms with Crippen molar-refractivity contribution in [2.24, 2.45) is 5.92 Å². The highest BCUT2D eigenvalue weighted by molar-refractivity contribution is 5.73. The quantitative estimate of drug-likeness (QED) is 0.617. The van der Waals surface area contributed by atoms with E-state index >= 15 is 0 Å². The molecule has 0 N–H and O–H groups in total. The summed E-state index contributed by atoms with van der Waals surface area (Å²) in [6.07, 6.45) is 5.74. The van der Waals surface area contributed by atoms with E-state index in [1.165, 1.54) is 23.1 Å². The molecular weight excluding hydrogens is 168 g/mol. The lowest BCUT2D eigenvalue weighted by molar-refractivity contribution is 0.775. The van der Waals surface area contributed by atoms with Crippen molar-refractivity contribution >= 4 is 5.57 Å². The summed E-state index contributed by atoms with van der Waals surface area (Å²) in [7, 11) is 0. The maximum atomic E-state index is 2.33. The van der Waals surface area contributed by atoms with Crippen LogP contribution >= 0.6 is 0 Å². The van der Waals surface area contributed by atoms with Crippen LogP contribution in [-0.2, 0) is 0 Å². The van der Waals surface area contributed by atoms with Crippen molar-refractivity contribution in [3.8, 4) is 0 Å².